The van der Waals surface area contributed by atoms with E-state index in [1.54, 1.807) is 48.5 Å². The number of amides is 6. The number of carbonyl (C=O) groups excluding carboxylic acids is 4. The molecule has 0 radical (unpaired) electrons. The maximum atomic E-state index is 12.3. The van der Waals surface area contributed by atoms with E-state index >= 15 is 0 Å². The maximum absolute atomic E-state index is 12.3. The van der Waals surface area contributed by atoms with E-state index in [2.05, 4.69) is 44.0 Å². The Bertz CT molecular complexity index is 1270. The summed E-state index contributed by atoms with van der Waals surface area (Å²) in [6, 6.07) is 17.1. The first-order valence-electron chi connectivity index (χ1n) is 15.2. The highest BCUT2D eigenvalue weighted by Crippen LogP contribution is 2.18. The minimum atomic E-state index is -0.602. The fraction of sp³-hybridized carbons (Fsp3) is 0.438. The lowest BCUT2D eigenvalue weighted by Gasteiger charge is -2.30. The zero-order valence-electron chi connectivity index (χ0n) is 25.6. The highest BCUT2D eigenvalue weighted by molar-refractivity contribution is 5.85. The summed E-state index contributed by atoms with van der Waals surface area (Å²) in [5.74, 6) is 0. The van der Waals surface area contributed by atoms with E-state index in [1.807, 2.05) is 0 Å². The highest BCUT2D eigenvalue weighted by atomic mass is 16.6. The Kier molecular flexibility index (Phi) is 15.0. The van der Waals surface area contributed by atoms with Crippen LogP contribution < -0.4 is 31.9 Å². The zero-order chi connectivity index (χ0) is 33.0. The molecule has 46 heavy (non-hydrogen) atoms. The maximum Gasteiger partial charge on any atom is 0.411 e. The number of carbonyl (C=O) groups is 4. The van der Waals surface area contributed by atoms with Crippen molar-refractivity contribution in [3.8, 4) is 12.1 Å². The summed E-state index contributed by atoms with van der Waals surface area (Å²) in [5, 5.41) is 34.0. The number of ether oxygens (including phenoxy) is 2. The van der Waals surface area contributed by atoms with Crippen molar-refractivity contribution in [2.75, 3.05) is 36.9 Å². The van der Waals surface area contributed by atoms with Crippen molar-refractivity contribution < 1.29 is 28.7 Å². The van der Waals surface area contributed by atoms with Crippen molar-refractivity contribution in [3.63, 3.8) is 0 Å². The van der Waals surface area contributed by atoms with Gasteiger partial charge in [0.1, 0.15) is 0 Å². The first-order chi connectivity index (χ1) is 22.3. The molecular weight excluding hydrogens is 592 g/mol. The summed E-state index contributed by atoms with van der Waals surface area (Å²) in [4.78, 5) is 48.5. The van der Waals surface area contributed by atoms with Gasteiger partial charge in [0.25, 0.3) is 0 Å². The molecule has 6 N–H and O–H groups in total. The van der Waals surface area contributed by atoms with Crippen molar-refractivity contribution in [3.05, 3.63) is 59.7 Å². The summed E-state index contributed by atoms with van der Waals surface area (Å²) >= 11 is 0. The molecule has 3 rings (SSSR count). The minimum Gasteiger partial charge on any atom is -0.449 e. The number of nitriles is 2. The third-order valence-electron chi connectivity index (χ3n) is 6.99. The van der Waals surface area contributed by atoms with Crippen molar-refractivity contribution >= 4 is 35.6 Å². The van der Waals surface area contributed by atoms with Crippen LogP contribution in [0.5, 0.6) is 0 Å². The van der Waals surface area contributed by atoms with Gasteiger partial charge in [-0.3, -0.25) is 10.6 Å². The molecule has 0 bridgehead atoms. The van der Waals surface area contributed by atoms with E-state index in [1.165, 1.54) is 0 Å². The normalized spacial score (nSPS) is 15.2. The summed E-state index contributed by atoms with van der Waals surface area (Å²) in [6.07, 6.45) is 3.32. The fourth-order valence-corrected chi connectivity index (χ4v) is 4.71. The third-order valence-corrected chi connectivity index (χ3v) is 6.99. The van der Waals surface area contributed by atoms with Crippen LogP contribution in [-0.4, -0.2) is 62.6 Å². The van der Waals surface area contributed by atoms with Crippen LogP contribution in [0.15, 0.2) is 48.5 Å². The second-order valence-electron chi connectivity index (χ2n) is 10.7. The van der Waals surface area contributed by atoms with Crippen LogP contribution in [0.2, 0.25) is 0 Å². The summed E-state index contributed by atoms with van der Waals surface area (Å²) in [7, 11) is 0. The average Bonchev–Trinajstić information content (AvgIpc) is 3.03. The Morgan fingerprint density at radius 1 is 0.674 bits per heavy atom. The van der Waals surface area contributed by atoms with Gasteiger partial charge in [-0.15, -0.1) is 0 Å². The molecule has 2 unspecified atom stereocenters. The summed E-state index contributed by atoms with van der Waals surface area (Å²) in [5.41, 5.74) is 2.83. The molecule has 1 aliphatic carbocycles. The van der Waals surface area contributed by atoms with Crippen LogP contribution in [0.25, 0.3) is 0 Å². The van der Waals surface area contributed by atoms with Gasteiger partial charge in [0.2, 0.25) is 0 Å². The van der Waals surface area contributed by atoms with Gasteiger partial charge in [-0.1, -0.05) is 24.3 Å². The number of rotatable bonds is 14. The number of nitrogens with zero attached hydrogens (tertiary/aromatic N) is 2. The standard InChI is InChI=1S/C32H40N8O6/c33-16-14-23-6-10-25(11-7-23)39-31(43)45-20-2-18-35-29(41)37-27-4-1-5-28(22-27)38-30(42)36-19-3-21-46-32(44)40-26-12-8-24(9-13-26)15-17-34/h6-13,27-28H,1-5,14-15,18-22H2,(H,39,43)(H,40,44)(H2,35,37,41)(H2,36,38,42). The topological polar surface area (TPSA) is 206 Å². The van der Waals surface area contributed by atoms with Crippen molar-refractivity contribution in [1.82, 2.24) is 21.3 Å². The van der Waals surface area contributed by atoms with Gasteiger partial charge in [0.05, 0.1) is 38.2 Å². The van der Waals surface area contributed by atoms with Crippen LogP contribution >= 0.6 is 0 Å². The monoisotopic (exact) mass is 632 g/mol. The Hall–Kier alpha value is -5.50. The van der Waals surface area contributed by atoms with E-state index in [0.717, 1.165) is 30.4 Å². The SMILES string of the molecule is N#CCc1ccc(NC(=O)OCCCNC(=O)NC2CCCC(NC(=O)NCCCOC(=O)Nc3ccc(CC#N)cc3)C2)cc1. The molecule has 0 saturated heterocycles. The lowest BCUT2D eigenvalue weighted by molar-refractivity contribution is 0.159. The van der Waals surface area contributed by atoms with E-state index < -0.39 is 12.2 Å². The number of hydrogen-bond donors (Lipinski definition) is 6. The van der Waals surface area contributed by atoms with E-state index in [9.17, 15) is 19.2 Å². The fourth-order valence-electron chi connectivity index (χ4n) is 4.71. The van der Waals surface area contributed by atoms with E-state index in [4.69, 9.17) is 20.0 Å². The first kappa shape index (κ1) is 35.0. The summed E-state index contributed by atoms with van der Waals surface area (Å²) in [6.45, 7) is 0.894. The molecule has 14 nitrogen and oxygen atoms in total. The molecule has 2 atom stereocenters. The Morgan fingerprint density at radius 2 is 1.09 bits per heavy atom. The van der Waals surface area contributed by atoms with Gasteiger partial charge in [0.15, 0.2) is 0 Å². The molecule has 1 fully saturated rings. The number of nitrogens with one attached hydrogen (secondary N) is 6. The van der Waals surface area contributed by atoms with Crippen LogP contribution in [-0.2, 0) is 22.3 Å². The van der Waals surface area contributed by atoms with E-state index in [-0.39, 0.29) is 37.4 Å². The van der Waals surface area contributed by atoms with Gasteiger partial charge in [-0.05, 0) is 73.9 Å². The van der Waals surface area contributed by atoms with Gasteiger partial charge in [-0.2, -0.15) is 10.5 Å². The molecule has 14 heteroatoms. The predicted octanol–water partition coefficient (Wildman–Crippen LogP) is 4.31. The number of hydrogen-bond acceptors (Lipinski definition) is 8. The van der Waals surface area contributed by atoms with Crippen LogP contribution in [0.3, 0.4) is 0 Å². The van der Waals surface area contributed by atoms with Crippen molar-refractivity contribution in [2.24, 2.45) is 0 Å². The number of benzene rings is 2. The highest BCUT2D eigenvalue weighted by Gasteiger charge is 2.24. The van der Waals surface area contributed by atoms with Crippen LogP contribution in [0, 0.1) is 22.7 Å². The van der Waals surface area contributed by atoms with Gasteiger partial charge >= 0.3 is 24.2 Å². The zero-order valence-corrected chi connectivity index (χ0v) is 25.6. The van der Waals surface area contributed by atoms with Crippen molar-refractivity contribution in [1.29, 1.82) is 10.5 Å². The molecule has 0 spiro atoms. The Balaban J connectivity index is 1.20. The van der Waals surface area contributed by atoms with Crippen LogP contribution in [0.1, 0.15) is 49.7 Å². The first-order valence-corrected chi connectivity index (χ1v) is 15.2. The van der Waals surface area contributed by atoms with Gasteiger partial charge < -0.3 is 30.7 Å². The molecule has 2 aromatic rings. The molecule has 0 aliphatic heterocycles. The smallest absolute Gasteiger partial charge is 0.411 e. The average molecular weight is 633 g/mol. The number of anilines is 2. The molecule has 0 aromatic heterocycles. The number of urea groups is 2. The second-order valence-corrected chi connectivity index (χ2v) is 10.7. The molecule has 1 aliphatic rings. The molecule has 0 heterocycles. The third kappa shape index (κ3) is 13.9. The second kappa shape index (κ2) is 19.7. The largest absolute Gasteiger partial charge is 0.449 e. The molecule has 244 valence electrons. The van der Waals surface area contributed by atoms with Crippen LogP contribution in [0.4, 0.5) is 30.6 Å². The van der Waals surface area contributed by atoms with Gasteiger partial charge in [0, 0.05) is 36.5 Å². The lowest BCUT2D eigenvalue weighted by atomic mass is 9.91. The quantitative estimate of drug-likeness (QED) is 0.165. The molecule has 2 aromatic carbocycles. The van der Waals surface area contributed by atoms with Gasteiger partial charge in [-0.25, -0.2) is 19.2 Å². The molecular formula is C32H40N8O6. The molecule has 1 saturated carbocycles. The molecule has 6 amide bonds. The Morgan fingerprint density at radius 3 is 1.48 bits per heavy atom. The van der Waals surface area contributed by atoms with Crippen molar-refractivity contribution in [2.45, 2.75) is 63.5 Å². The predicted molar refractivity (Wildman–Crippen MR) is 170 cm³/mol. The lowest BCUT2D eigenvalue weighted by Crippen LogP contribution is -2.50. The Labute approximate surface area is 268 Å². The minimum absolute atomic E-state index is 0.0879. The van der Waals surface area contributed by atoms with E-state index in [0.29, 0.717) is 56.6 Å². The summed E-state index contributed by atoms with van der Waals surface area (Å²) < 4.78 is 10.3.